The number of benzene rings is 2. The number of rotatable bonds is 9. The summed E-state index contributed by atoms with van der Waals surface area (Å²) < 4.78 is 31.1. The number of guanidine groups is 1. The fourth-order valence-corrected chi connectivity index (χ4v) is 3.59. The molecule has 2 rings (SSSR count). The van der Waals surface area contributed by atoms with Crippen LogP contribution in [0.4, 0.5) is 0 Å². The molecule has 9 heteroatoms. The van der Waals surface area contributed by atoms with Gasteiger partial charge in [-0.1, -0.05) is 36.4 Å². The first-order chi connectivity index (χ1) is 13.9. The Morgan fingerprint density at radius 3 is 2.13 bits per heavy atom. The summed E-state index contributed by atoms with van der Waals surface area (Å²) in [6, 6.07) is 15.5. The van der Waals surface area contributed by atoms with Gasteiger partial charge in [-0.15, -0.1) is 24.0 Å². The molecule has 0 amide bonds. The minimum Gasteiger partial charge on any atom is -0.494 e. The Kier molecular flexibility index (Phi) is 11.1. The van der Waals surface area contributed by atoms with Crippen LogP contribution in [-0.2, 0) is 28.9 Å². The maximum absolute atomic E-state index is 11.6. The zero-order valence-electron chi connectivity index (χ0n) is 17.9. The maximum atomic E-state index is 11.6. The lowest BCUT2D eigenvalue weighted by atomic mass is 10.1. The summed E-state index contributed by atoms with van der Waals surface area (Å²) in [4.78, 5) is 6.39. The first-order valence-corrected chi connectivity index (χ1v) is 11.1. The zero-order chi connectivity index (χ0) is 21.3. The number of nitrogens with zero attached hydrogens (tertiary/aromatic N) is 2. The van der Waals surface area contributed by atoms with Crippen LogP contribution in [0.1, 0.15) is 23.6 Å². The standard InChI is InChI=1S/C21H30N4O3S.HI/c1-5-28-20-12-10-18(11-13-20)15-25(4)21(22-2)24-14-17-6-8-19(9-7-17)16-29(26,27)23-3;/h6-13,23H,5,14-16H2,1-4H3,(H,22,24);1H. The lowest BCUT2D eigenvalue weighted by Crippen LogP contribution is -2.38. The minimum absolute atomic E-state index is 0. The molecule has 0 aliphatic carbocycles. The number of nitrogens with one attached hydrogen (secondary N) is 2. The van der Waals surface area contributed by atoms with Crippen LogP contribution in [-0.4, -0.2) is 47.0 Å². The van der Waals surface area contributed by atoms with Crippen molar-refractivity contribution >= 4 is 40.0 Å². The second kappa shape index (κ2) is 12.8. The van der Waals surface area contributed by atoms with Gasteiger partial charge < -0.3 is 15.0 Å². The van der Waals surface area contributed by atoms with Gasteiger partial charge in [0.05, 0.1) is 12.4 Å². The molecule has 0 aliphatic rings. The molecule has 0 saturated heterocycles. The molecule has 0 spiro atoms. The van der Waals surface area contributed by atoms with E-state index in [9.17, 15) is 8.42 Å². The molecule has 7 nitrogen and oxygen atoms in total. The monoisotopic (exact) mass is 546 g/mol. The lowest BCUT2D eigenvalue weighted by Gasteiger charge is -2.22. The number of halogens is 1. The van der Waals surface area contributed by atoms with E-state index < -0.39 is 10.0 Å². The average Bonchev–Trinajstić information content (AvgIpc) is 2.71. The van der Waals surface area contributed by atoms with Gasteiger partial charge in [-0.2, -0.15) is 0 Å². The molecular formula is C21H31IN4O3S. The molecule has 0 bridgehead atoms. The van der Waals surface area contributed by atoms with Crippen molar-refractivity contribution in [3.05, 3.63) is 65.2 Å². The van der Waals surface area contributed by atoms with E-state index in [0.29, 0.717) is 19.7 Å². The zero-order valence-corrected chi connectivity index (χ0v) is 21.0. The van der Waals surface area contributed by atoms with Crippen LogP contribution < -0.4 is 14.8 Å². The van der Waals surface area contributed by atoms with Crippen molar-refractivity contribution in [2.24, 2.45) is 4.99 Å². The first kappa shape index (κ1) is 26.2. The van der Waals surface area contributed by atoms with E-state index in [-0.39, 0.29) is 29.7 Å². The van der Waals surface area contributed by atoms with Gasteiger partial charge in [0.15, 0.2) is 5.96 Å². The SMILES string of the molecule is CCOc1ccc(CN(C)C(=NC)NCc2ccc(CS(=O)(=O)NC)cc2)cc1.I. The summed E-state index contributed by atoms with van der Waals surface area (Å²) >= 11 is 0. The van der Waals surface area contributed by atoms with Gasteiger partial charge in [-0.25, -0.2) is 13.1 Å². The highest BCUT2D eigenvalue weighted by atomic mass is 127. The molecule has 0 saturated carbocycles. The van der Waals surface area contributed by atoms with E-state index in [2.05, 4.69) is 15.0 Å². The molecule has 0 radical (unpaired) electrons. The Morgan fingerprint density at radius 2 is 1.60 bits per heavy atom. The number of aliphatic imine (C=N–C) groups is 1. The smallest absolute Gasteiger partial charge is 0.215 e. The third kappa shape index (κ3) is 8.49. The van der Waals surface area contributed by atoms with Crippen LogP contribution in [0.5, 0.6) is 5.75 Å². The van der Waals surface area contributed by atoms with Gasteiger partial charge in [0.1, 0.15) is 5.75 Å². The molecule has 30 heavy (non-hydrogen) atoms. The molecule has 0 unspecified atom stereocenters. The minimum atomic E-state index is -3.26. The normalized spacial score (nSPS) is 11.5. The largest absolute Gasteiger partial charge is 0.494 e. The number of ether oxygens (including phenoxy) is 1. The molecule has 0 aliphatic heterocycles. The van der Waals surface area contributed by atoms with Gasteiger partial charge >= 0.3 is 0 Å². The number of hydrogen-bond acceptors (Lipinski definition) is 4. The summed E-state index contributed by atoms with van der Waals surface area (Å²) in [5, 5.41) is 3.34. The second-order valence-corrected chi connectivity index (χ2v) is 8.54. The Bertz CT molecular complexity index is 901. The van der Waals surface area contributed by atoms with Crippen molar-refractivity contribution in [2.45, 2.75) is 25.8 Å². The highest BCUT2D eigenvalue weighted by molar-refractivity contribution is 14.0. The van der Waals surface area contributed by atoms with Crippen LogP contribution in [0, 0.1) is 0 Å². The lowest BCUT2D eigenvalue weighted by molar-refractivity contribution is 0.340. The summed E-state index contributed by atoms with van der Waals surface area (Å²) in [5.74, 6) is 1.62. The quantitative estimate of drug-likeness (QED) is 0.287. The van der Waals surface area contributed by atoms with Gasteiger partial charge in [0.2, 0.25) is 10.0 Å². The molecular weight excluding hydrogens is 515 g/mol. The molecule has 0 atom stereocenters. The van der Waals surface area contributed by atoms with Crippen molar-refractivity contribution in [3.63, 3.8) is 0 Å². The maximum Gasteiger partial charge on any atom is 0.215 e. The molecule has 2 aromatic rings. The highest BCUT2D eigenvalue weighted by Crippen LogP contribution is 2.13. The van der Waals surface area contributed by atoms with Crippen LogP contribution in [0.3, 0.4) is 0 Å². The van der Waals surface area contributed by atoms with Crippen LogP contribution in [0.2, 0.25) is 0 Å². The van der Waals surface area contributed by atoms with Crippen molar-refractivity contribution in [1.29, 1.82) is 0 Å². The molecule has 2 aromatic carbocycles. The molecule has 2 N–H and O–H groups in total. The van der Waals surface area contributed by atoms with Gasteiger partial charge in [0.25, 0.3) is 0 Å². The molecule has 166 valence electrons. The fourth-order valence-electron chi connectivity index (χ4n) is 2.82. The van der Waals surface area contributed by atoms with Crippen LogP contribution in [0.15, 0.2) is 53.5 Å². The van der Waals surface area contributed by atoms with Crippen molar-refractivity contribution in [2.75, 3.05) is 27.7 Å². The molecule has 0 aromatic heterocycles. The topological polar surface area (TPSA) is 83.0 Å². The van der Waals surface area contributed by atoms with Gasteiger partial charge in [0, 0.05) is 27.2 Å². The van der Waals surface area contributed by atoms with Gasteiger partial charge in [-0.05, 0) is 42.8 Å². The molecule has 0 heterocycles. The van der Waals surface area contributed by atoms with E-state index in [1.807, 2.05) is 67.4 Å². The predicted octanol–water partition coefficient (Wildman–Crippen LogP) is 2.96. The Labute approximate surface area is 197 Å². The van der Waals surface area contributed by atoms with Crippen molar-refractivity contribution in [3.8, 4) is 5.75 Å². The summed E-state index contributed by atoms with van der Waals surface area (Å²) in [7, 11) is 1.89. The first-order valence-electron chi connectivity index (χ1n) is 9.49. The fraction of sp³-hybridized carbons (Fsp3) is 0.381. The van der Waals surface area contributed by atoms with E-state index in [4.69, 9.17) is 4.74 Å². The van der Waals surface area contributed by atoms with E-state index >= 15 is 0 Å². The average molecular weight is 546 g/mol. The second-order valence-electron chi connectivity index (χ2n) is 6.61. The van der Waals surface area contributed by atoms with Crippen LogP contribution in [0.25, 0.3) is 0 Å². The predicted molar refractivity (Wildman–Crippen MR) is 133 cm³/mol. The Balaban J connectivity index is 0.00000450. The van der Waals surface area contributed by atoms with E-state index in [0.717, 1.165) is 28.4 Å². The molecule has 0 fully saturated rings. The third-order valence-electron chi connectivity index (χ3n) is 4.37. The Hall–Kier alpha value is -1.85. The summed E-state index contributed by atoms with van der Waals surface area (Å²) in [5.41, 5.74) is 2.96. The number of sulfonamides is 1. The number of hydrogen-bond donors (Lipinski definition) is 2. The van der Waals surface area contributed by atoms with Gasteiger partial charge in [-0.3, -0.25) is 4.99 Å². The summed E-state index contributed by atoms with van der Waals surface area (Å²) in [6.07, 6.45) is 0. The highest BCUT2D eigenvalue weighted by Gasteiger charge is 2.09. The summed E-state index contributed by atoms with van der Waals surface area (Å²) in [6.45, 7) is 3.93. The van der Waals surface area contributed by atoms with Crippen molar-refractivity contribution in [1.82, 2.24) is 14.9 Å². The Morgan fingerprint density at radius 1 is 1.03 bits per heavy atom. The van der Waals surface area contributed by atoms with Crippen molar-refractivity contribution < 1.29 is 13.2 Å². The van der Waals surface area contributed by atoms with E-state index in [1.165, 1.54) is 7.05 Å². The third-order valence-corrected chi connectivity index (χ3v) is 5.70. The van der Waals surface area contributed by atoms with Crippen LogP contribution >= 0.6 is 24.0 Å². The van der Waals surface area contributed by atoms with E-state index in [1.54, 1.807) is 7.05 Å².